The summed E-state index contributed by atoms with van der Waals surface area (Å²) < 4.78 is 40.0. The molecule has 7 aliphatic rings. The number of benzene rings is 1. The van der Waals surface area contributed by atoms with Crippen LogP contribution in [0.2, 0.25) is 5.02 Å². The maximum atomic E-state index is 14.5. The number of allylic oxidation sites excluding steroid dienone is 9. The molecule has 6 aliphatic heterocycles. The lowest BCUT2D eigenvalue weighted by Crippen LogP contribution is -2.63. The van der Waals surface area contributed by atoms with Gasteiger partial charge in [-0.3, -0.25) is 58.3 Å². The third-order valence-corrected chi connectivity index (χ3v) is 23.0. The summed E-state index contributed by atoms with van der Waals surface area (Å²) >= 11 is 10.9. The van der Waals surface area contributed by atoms with Crippen LogP contribution in [0.3, 0.4) is 0 Å². The van der Waals surface area contributed by atoms with Crippen LogP contribution in [0.5, 0.6) is 5.75 Å². The number of ether oxygens (including phenoxy) is 7. The summed E-state index contributed by atoms with van der Waals surface area (Å²) in [6, 6.07) is 2.31. The predicted octanol–water partition coefficient (Wildman–Crippen LogP) is 4.90. The van der Waals surface area contributed by atoms with E-state index in [1.165, 1.54) is 85.2 Å². The normalized spacial score (nSPS) is 29.0. The van der Waals surface area contributed by atoms with Gasteiger partial charge in [-0.2, -0.15) is 0 Å². The number of hydrogen-bond acceptors (Lipinski definition) is 23. The van der Waals surface area contributed by atoms with Crippen molar-refractivity contribution in [3.8, 4) is 5.75 Å². The van der Waals surface area contributed by atoms with Gasteiger partial charge in [0.05, 0.1) is 68.8 Å². The molecule has 1 aliphatic carbocycles. The number of halogens is 1. The molecule has 2 unspecified atom stereocenters. The maximum absolute atomic E-state index is 14.5. The van der Waals surface area contributed by atoms with Crippen molar-refractivity contribution in [3.05, 3.63) is 92.8 Å². The van der Waals surface area contributed by atoms with E-state index in [4.69, 9.17) is 44.8 Å². The van der Waals surface area contributed by atoms with Crippen molar-refractivity contribution < 1.29 is 91.0 Å². The number of likely N-dealkylation sites (N-methyl/N-ethyl adjacent to an activating group) is 1. The number of epoxide rings is 1. The van der Waals surface area contributed by atoms with E-state index in [0.29, 0.717) is 36.7 Å². The Balaban J connectivity index is 0.757. The monoisotopic (exact) mass is 1520 g/mol. The number of amides is 10. The average Bonchev–Trinajstić information content (AvgIpc) is 1.57. The van der Waals surface area contributed by atoms with Crippen LogP contribution in [0, 0.1) is 5.92 Å². The highest BCUT2D eigenvalue weighted by atomic mass is 35.5. The first-order valence-electron chi connectivity index (χ1n) is 34.9. The molecule has 0 aromatic heterocycles. The number of alkyl carbamates (subject to hydrolysis) is 1. The molecule has 28 nitrogen and oxygen atoms in total. The average molecular weight is 1530 g/mol. The Bertz CT molecular complexity index is 3570. The number of carbonyl (C=O) groups excluding carboxylic acids is 11. The van der Waals surface area contributed by atoms with Gasteiger partial charge in [-0.1, -0.05) is 68.3 Å². The van der Waals surface area contributed by atoms with Crippen molar-refractivity contribution in [1.29, 1.82) is 0 Å². The van der Waals surface area contributed by atoms with Gasteiger partial charge in [-0.05, 0) is 69.2 Å². The molecule has 5 N–H and O–H groups in total. The second-order valence-corrected chi connectivity index (χ2v) is 32.0. The smallest absolute Gasteiger partial charge is 0.409 e. The lowest BCUT2D eigenvalue weighted by Gasteiger charge is -2.42. The Hall–Kier alpha value is -7.07. The molecule has 32 heteroatoms. The van der Waals surface area contributed by atoms with E-state index in [9.17, 15) is 57.8 Å². The first-order valence-corrected chi connectivity index (χ1v) is 38.0. The third-order valence-electron chi connectivity index (χ3n) is 19.0. The van der Waals surface area contributed by atoms with Crippen molar-refractivity contribution in [1.82, 2.24) is 40.9 Å². The third kappa shape index (κ3) is 22.5. The summed E-state index contributed by atoms with van der Waals surface area (Å²) in [5, 5.41) is 22.1. The molecule has 0 radical (unpaired) electrons. The van der Waals surface area contributed by atoms with Gasteiger partial charge < -0.3 is 68.9 Å². The minimum atomic E-state index is -1.91. The fourth-order valence-corrected chi connectivity index (χ4v) is 16.5. The van der Waals surface area contributed by atoms with Gasteiger partial charge in [0.25, 0.3) is 0 Å². The van der Waals surface area contributed by atoms with Crippen LogP contribution >= 0.6 is 46.9 Å². The SMILES string of the molecule is COc1cc2cc(c1Cl)N(C)C(=O)C[C@H](OC(=O)[C@H](C)N(C)C(=O)CC(C)(C)SC1CC(=O)N(CCOCCOCCNC(=O)CCC(=O)N3CCNCCN4C(=O)CC(SC5=C\C=C(/C=C/C=C\5)SCCC(=O)NCC3)C4=O)C1=O)[C@]1(C)O[C@H]1[C@H](C)[C@@H]1C[C@@](O)(NC(=O)O1)[C@H](OC)/C=C/C=C(\C)C2. The molecule has 1 aromatic rings. The van der Waals surface area contributed by atoms with E-state index in [2.05, 4.69) is 21.3 Å². The summed E-state index contributed by atoms with van der Waals surface area (Å²) in [6.07, 6.45) is 11.5. The van der Waals surface area contributed by atoms with Crippen molar-refractivity contribution >= 4 is 118 Å². The highest BCUT2D eigenvalue weighted by Crippen LogP contribution is 2.50. The Kier molecular flexibility index (Phi) is 30.1. The number of nitrogens with one attached hydrogen (secondary N) is 4. The van der Waals surface area contributed by atoms with Gasteiger partial charge in [-0.15, -0.1) is 35.3 Å². The number of methoxy groups -OCH3 is 2. The zero-order chi connectivity index (χ0) is 75.6. The van der Waals surface area contributed by atoms with E-state index in [-0.39, 0.29) is 145 Å². The first kappa shape index (κ1) is 82.6. The van der Waals surface area contributed by atoms with Crippen LogP contribution in [0.15, 0.2) is 82.2 Å². The van der Waals surface area contributed by atoms with Crippen LogP contribution in [0.25, 0.3) is 0 Å². The zero-order valence-electron chi connectivity index (χ0n) is 60.7. The fraction of sp³-hybridized carbons (Fsp3) is 0.597. The van der Waals surface area contributed by atoms with Crippen LogP contribution in [0.1, 0.15) is 98.5 Å². The Labute approximate surface area is 624 Å². The van der Waals surface area contributed by atoms with E-state index >= 15 is 0 Å². The second-order valence-electron chi connectivity index (χ2n) is 27.2. The topological polar surface area (TPSA) is 340 Å². The summed E-state index contributed by atoms with van der Waals surface area (Å²) in [5.41, 5.74) is -1.31. The van der Waals surface area contributed by atoms with Crippen LogP contribution in [0.4, 0.5) is 10.5 Å². The molecular formula is C72H98ClN9O19S3. The predicted molar refractivity (Wildman–Crippen MR) is 393 cm³/mol. The van der Waals surface area contributed by atoms with E-state index in [1.807, 2.05) is 49.5 Å². The quantitative estimate of drug-likeness (QED) is 0.0473. The maximum Gasteiger partial charge on any atom is 0.409 e. The summed E-state index contributed by atoms with van der Waals surface area (Å²) in [5.74, 6) is -3.79. The molecule has 4 fully saturated rings. The highest BCUT2D eigenvalue weighted by Gasteiger charge is 2.65. The first-order chi connectivity index (χ1) is 49.4. The van der Waals surface area contributed by atoms with E-state index in [1.54, 1.807) is 56.9 Å². The van der Waals surface area contributed by atoms with Crippen LogP contribution in [-0.2, 0) is 82.8 Å². The Morgan fingerprint density at radius 3 is 2.35 bits per heavy atom. The molecule has 10 atom stereocenters. The molecular weight excluding hydrogens is 1430 g/mol. The minimum absolute atomic E-state index is 0.0211. The number of thioether (sulfide) groups is 3. The van der Waals surface area contributed by atoms with Crippen molar-refractivity contribution in [2.45, 2.75) is 156 Å². The summed E-state index contributed by atoms with van der Waals surface area (Å²) in [6.45, 7) is 12.4. The molecule has 570 valence electrons. The number of aliphatic hydroxyl groups is 1. The number of esters is 1. The van der Waals surface area contributed by atoms with Gasteiger partial charge >= 0.3 is 12.1 Å². The molecule has 0 saturated carbocycles. The molecule has 0 spiro atoms. The number of fused-ring (bicyclic) bond motifs is 8. The number of rotatable bonds is 21. The Morgan fingerprint density at radius 2 is 1.61 bits per heavy atom. The molecule has 104 heavy (non-hydrogen) atoms. The van der Waals surface area contributed by atoms with Crippen LogP contribution < -0.4 is 30.9 Å². The number of hydrogen-bond donors (Lipinski definition) is 5. The van der Waals surface area contributed by atoms with E-state index in [0.717, 1.165) is 25.8 Å². The fourth-order valence-electron chi connectivity index (χ4n) is 12.8. The number of carbonyl (C=O) groups is 11. The number of anilines is 1. The van der Waals surface area contributed by atoms with Gasteiger partial charge in [0.2, 0.25) is 53.2 Å². The minimum Gasteiger partial charge on any atom is -0.495 e. The lowest BCUT2D eigenvalue weighted by atomic mass is 9.83. The molecule has 8 bridgehead atoms. The van der Waals surface area contributed by atoms with Gasteiger partial charge in [0.15, 0.2) is 5.72 Å². The van der Waals surface area contributed by atoms with Crippen LogP contribution in [-0.4, -0.2) is 260 Å². The highest BCUT2D eigenvalue weighted by molar-refractivity contribution is 8.04. The number of likely N-dealkylation sites (tertiary alicyclic amines) is 1. The molecule has 10 amide bonds. The molecule has 1 aromatic carbocycles. The standard InChI is InChI=1S/C72H98ClN9O19S3/c1-44-14-13-17-55(96-10)72(94)42-52(99-69(93)77-72)45(2)65-71(6,101-65)56(41-60(86)79(8)50-37-47(36-44)38-51(95-9)64(50)73)100-68(92)46(3)78(7)63(89)43-70(4,5)104-54-40-62(88)82(67(54)91)30-32-98-34-33-97-31-26-76-57(83)20-21-59(85)80-27-23-74-24-29-81-61(87)39-53(66(81)90)103-49-16-12-11-15-48(18-19-49)102-35-22-58(84)75-25-28-80/h11-19,37-38,45-46,52-56,65,74,94H,20-36,39-43H2,1-10H3,(H,75,84)(H,76,83)(H,77,93)/b12-11?,15-11+,16-12-,17-13+,19-18?,44-14+,48-15?,48-18+,49-16?,49-19-/t45-,46+,52+,53?,54?,55-,56+,65+,71+,72+/m1/s1. The molecule has 4 saturated heterocycles. The van der Waals surface area contributed by atoms with E-state index < -0.39 is 105 Å². The number of imide groups is 2. The zero-order valence-corrected chi connectivity index (χ0v) is 63.9. The van der Waals surface area contributed by atoms with Crippen molar-refractivity contribution in [3.63, 3.8) is 0 Å². The molecule has 6 heterocycles. The largest absolute Gasteiger partial charge is 0.495 e. The summed E-state index contributed by atoms with van der Waals surface area (Å²) in [7, 11) is 5.84. The summed E-state index contributed by atoms with van der Waals surface area (Å²) in [4.78, 5) is 157. The van der Waals surface area contributed by atoms with Gasteiger partial charge in [0, 0.05) is 138 Å². The lowest BCUT2D eigenvalue weighted by molar-refractivity contribution is -0.162. The molecule has 8 rings (SSSR count). The van der Waals surface area contributed by atoms with Gasteiger partial charge in [0.1, 0.15) is 40.7 Å². The van der Waals surface area contributed by atoms with Crippen molar-refractivity contribution in [2.24, 2.45) is 5.92 Å². The number of nitrogens with zero attached hydrogens (tertiary/aromatic N) is 5. The second kappa shape index (κ2) is 37.9. The Morgan fingerprint density at radius 1 is 0.894 bits per heavy atom. The van der Waals surface area contributed by atoms with Crippen molar-refractivity contribution in [2.75, 3.05) is 118 Å². The van der Waals surface area contributed by atoms with Gasteiger partial charge in [-0.25, -0.2) is 9.59 Å².